The van der Waals surface area contributed by atoms with E-state index in [1.165, 1.54) is 0 Å². The summed E-state index contributed by atoms with van der Waals surface area (Å²) in [5.74, 6) is 3.49. The zero-order valence-corrected chi connectivity index (χ0v) is 12.2. The third-order valence-corrected chi connectivity index (χ3v) is 3.09. The molecule has 3 nitrogen and oxygen atoms in total. The Labute approximate surface area is 129 Å². The molecule has 0 spiro atoms. The third-order valence-electron chi connectivity index (χ3n) is 3.09. The molecular weight excluding hydrogens is 276 g/mol. The second-order valence-corrected chi connectivity index (χ2v) is 4.64. The number of hydrogen-bond acceptors (Lipinski definition) is 3. The van der Waals surface area contributed by atoms with E-state index in [0.29, 0.717) is 17.2 Å². The minimum absolute atomic E-state index is 0.613. The van der Waals surface area contributed by atoms with Crippen LogP contribution in [0.25, 0.3) is 0 Å². The number of ether oxygens (including phenoxy) is 3. The summed E-state index contributed by atoms with van der Waals surface area (Å²) in [6.45, 7) is 0. The van der Waals surface area contributed by atoms with Gasteiger partial charge in [-0.3, -0.25) is 0 Å². The molecule has 0 aliphatic rings. The van der Waals surface area contributed by atoms with Crippen LogP contribution in [-0.2, 0) is 0 Å². The summed E-state index contributed by atoms with van der Waals surface area (Å²) in [5.41, 5.74) is 0. The largest absolute Gasteiger partial charge is 0.493 e. The zero-order valence-electron chi connectivity index (χ0n) is 12.2. The normalized spacial score (nSPS) is 10.0. The molecule has 0 saturated carbocycles. The average Bonchev–Trinajstić information content (AvgIpc) is 2.57. The summed E-state index contributed by atoms with van der Waals surface area (Å²) in [5, 5.41) is 0. The number of methoxy groups -OCH3 is 1. The van der Waals surface area contributed by atoms with Crippen molar-refractivity contribution in [3.63, 3.8) is 0 Å². The molecule has 3 heteroatoms. The van der Waals surface area contributed by atoms with Crippen molar-refractivity contribution in [1.82, 2.24) is 0 Å². The molecule has 0 fully saturated rings. The van der Waals surface area contributed by atoms with E-state index in [2.05, 4.69) is 0 Å². The maximum absolute atomic E-state index is 5.87. The maximum Gasteiger partial charge on any atom is 0.172 e. The van der Waals surface area contributed by atoms with Crippen LogP contribution in [0.3, 0.4) is 0 Å². The second-order valence-electron chi connectivity index (χ2n) is 4.64. The van der Waals surface area contributed by atoms with Gasteiger partial charge >= 0.3 is 0 Å². The standard InChI is InChI=1S/C19H16O3/c1-20-18-13-12-17(21-15-8-4-2-5-9-15)14-19(18)22-16-10-6-3-7-11-16/h2-14H,1H3. The summed E-state index contributed by atoms with van der Waals surface area (Å²) in [6.07, 6.45) is 0. The topological polar surface area (TPSA) is 27.7 Å². The van der Waals surface area contributed by atoms with E-state index in [4.69, 9.17) is 14.2 Å². The predicted octanol–water partition coefficient (Wildman–Crippen LogP) is 5.28. The molecule has 0 unspecified atom stereocenters. The van der Waals surface area contributed by atoms with E-state index in [9.17, 15) is 0 Å². The Morgan fingerprint density at radius 2 is 1.14 bits per heavy atom. The fourth-order valence-corrected chi connectivity index (χ4v) is 2.04. The van der Waals surface area contributed by atoms with Gasteiger partial charge in [0.05, 0.1) is 7.11 Å². The first-order chi connectivity index (χ1) is 10.8. The highest BCUT2D eigenvalue weighted by Crippen LogP contribution is 2.36. The van der Waals surface area contributed by atoms with E-state index in [1.807, 2.05) is 78.9 Å². The monoisotopic (exact) mass is 292 g/mol. The van der Waals surface area contributed by atoms with Gasteiger partial charge in [0, 0.05) is 6.07 Å². The van der Waals surface area contributed by atoms with Gasteiger partial charge < -0.3 is 14.2 Å². The van der Waals surface area contributed by atoms with Gasteiger partial charge in [-0.15, -0.1) is 0 Å². The molecule has 0 aliphatic carbocycles. The Morgan fingerprint density at radius 1 is 0.545 bits per heavy atom. The van der Waals surface area contributed by atoms with Crippen molar-refractivity contribution in [2.45, 2.75) is 0 Å². The van der Waals surface area contributed by atoms with E-state index < -0.39 is 0 Å². The summed E-state index contributed by atoms with van der Waals surface area (Å²) < 4.78 is 17.0. The second kappa shape index (κ2) is 6.68. The van der Waals surface area contributed by atoms with E-state index in [1.54, 1.807) is 7.11 Å². The van der Waals surface area contributed by atoms with E-state index >= 15 is 0 Å². The van der Waals surface area contributed by atoms with Crippen molar-refractivity contribution < 1.29 is 14.2 Å². The molecular formula is C19H16O3. The van der Waals surface area contributed by atoms with Gasteiger partial charge in [-0.2, -0.15) is 0 Å². The van der Waals surface area contributed by atoms with Crippen molar-refractivity contribution >= 4 is 0 Å². The van der Waals surface area contributed by atoms with Crippen LogP contribution in [0.2, 0.25) is 0 Å². The van der Waals surface area contributed by atoms with Crippen molar-refractivity contribution in [1.29, 1.82) is 0 Å². The van der Waals surface area contributed by atoms with E-state index in [0.717, 1.165) is 11.5 Å². The molecule has 0 atom stereocenters. The fourth-order valence-electron chi connectivity index (χ4n) is 2.04. The third kappa shape index (κ3) is 3.38. The van der Waals surface area contributed by atoms with Crippen LogP contribution in [0.4, 0.5) is 0 Å². The average molecular weight is 292 g/mol. The molecule has 0 N–H and O–H groups in total. The zero-order chi connectivity index (χ0) is 15.2. The smallest absolute Gasteiger partial charge is 0.172 e. The highest BCUT2D eigenvalue weighted by atomic mass is 16.5. The minimum Gasteiger partial charge on any atom is -0.493 e. The van der Waals surface area contributed by atoms with Gasteiger partial charge in [-0.25, -0.2) is 0 Å². The molecule has 3 rings (SSSR count). The summed E-state index contributed by atoms with van der Waals surface area (Å²) >= 11 is 0. The summed E-state index contributed by atoms with van der Waals surface area (Å²) in [6, 6.07) is 24.7. The maximum atomic E-state index is 5.87. The van der Waals surface area contributed by atoms with Crippen LogP contribution in [0.15, 0.2) is 78.9 Å². The highest BCUT2D eigenvalue weighted by molar-refractivity contribution is 5.48. The van der Waals surface area contributed by atoms with Crippen LogP contribution in [-0.4, -0.2) is 7.11 Å². The lowest BCUT2D eigenvalue weighted by atomic mass is 10.3. The van der Waals surface area contributed by atoms with E-state index in [-0.39, 0.29) is 0 Å². The highest BCUT2D eigenvalue weighted by Gasteiger charge is 2.08. The van der Waals surface area contributed by atoms with Gasteiger partial charge in [0.15, 0.2) is 11.5 Å². The Morgan fingerprint density at radius 3 is 1.73 bits per heavy atom. The summed E-state index contributed by atoms with van der Waals surface area (Å²) in [7, 11) is 1.62. The van der Waals surface area contributed by atoms with Crippen molar-refractivity contribution in [3.05, 3.63) is 78.9 Å². The van der Waals surface area contributed by atoms with Crippen molar-refractivity contribution in [2.24, 2.45) is 0 Å². The lowest BCUT2D eigenvalue weighted by Crippen LogP contribution is -1.91. The van der Waals surface area contributed by atoms with Crippen molar-refractivity contribution in [3.8, 4) is 28.7 Å². The number of benzene rings is 3. The molecule has 3 aromatic rings. The van der Waals surface area contributed by atoms with Gasteiger partial charge in [-0.1, -0.05) is 36.4 Å². The Bertz CT molecular complexity index is 724. The first-order valence-electron chi connectivity index (χ1n) is 6.99. The molecule has 0 radical (unpaired) electrons. The molecule has 3 aromatic carbocycles. The Hall–Kier alpha value is -2.94. The molecule has 0 aromatic heterocycles. The molecule has 22 heavy (non-hydrogen) atoms. The molecule has 0 saturated heterocycles. The molecule has 0 bridgehead atoms. The number of hydrogen-bond donors (Lipinski definition) is 0. The molecule has 0 heterocycles. The van der Waals surface area contributed by atoms with Gasteiger partial charge in [-0.05, 0) is 36.4 Å². The molecule has 110 valence electrons. The fraction of sp³-hybridized carbons (Fsp3) is 0.0526. The lowest BCUT2D eigenvalue weighted by molar-refractivity contribution is 0.375. The lowest BCUT2D eigenvalue weighted by Gasteiger charge is -2.12. The van der Waals surface area contributed by atoms with Crippen LogP contribution < -0.4 is 14.2 Å². The van der Waals surface area contributed by atoms with Gasteiger partial charge in [0.25, 0.3) is 0 Å². The van der Waals surface area contributed by atoms with Crippen LogP contribution in [0.5, 0.6) is 28.7 Å². The van der Waals surface area contributed by atoms with Gasteiger partial charge in [0.2, 0.25) is 0 Å². The summed E-state index contributed by atoms with van der Waals surface area (Å²) in [4.78, 5) is 0. The van der Waals surface area contributed by atoms with Crippen LogP contribution in [0.1, 0.15) is 0 Å². The minimum atomic E-state index is 0.613. The quantitative estimate of drug-likeness (QED) is 0.640. The molecule has 0 aliphatic heterocycles. The first kappa shape index (κ1) is 14.0. The van der Waals surface area contributed by atoms with Crippen LogP contribution in [0, 0.1) is 0 Å². The predicted molar refractivity (Wildman–Crippen MR) is 86.0 cm³/mol. The number of para-hydroxylation sites is 2. The number of rotatable bonds is 5. The van der Waals surface area contributed by atoms with Crippen molar-refractivity contribution in [2.75, 3.05) is 7.11 Å². The van der Waals surface area contributed by atoms with Gasteiger partial charge in [0.1, 0.15) is 17.2 Å². The Kier molecular flexibility index (Phi) is 4.25. The Balaban J connectivity index is 1.86. The molecule has 0 amide bonds. The first-order valence-corrected chi connectivity index (χ1v) is 6.99. The van der Waals surface area contributed by atoms with Crippen LogP contribution >= 0.6 is 0 Å². The SMILES string of the molecule is COc1ccc(Oc2ccccc2)cc1Oc1ccccc1.